The van der Waals surface area contributed by atoms with Crippen LogP contribution in [-0.2, 0) is 13.0 Å². The van der Waals surface area contributed by atoms with E-state index in [-0.39, 0.29) is 18.2 Å². The van der Waals surface area contributed by atoms with Gasteiger partial charge in [-0.05, 0) is 71.3 Å². The van der Waals surface area contributed by atoms with Gasteiger partial charge in [-0.1, -0.05) is 36.4 Å². The first kappa shape index (κ1) is 19.9. The lowest BCUT2D eigenvalue weighted by atomic mass is 10.0. The van der Waals surface area contributed by atoms with Crippen molar-refractivity contribution in [3.05, 3.63) is 119 Å². The first-order valence-corrected chi connectivity index (χ1v) is 10.3. The van der Waals surface area contributed by atoms with Gasteiger partial charge in [0.15, 0.2) is 0 Å². The molecule has 32 heavy (non-hydrogen) atoms. The fourth-order valence-electron chi connectivity index (χ4n) is 3.75. The normalized spacial score (nSPS) is 11.1. The molecule has 1 N–H and O–H groups in total. The number of H-pyrrole nitrogens is 1. The molecule has 0 spiro atoms. The third kappa shape index (κ3) is 4.37. The molecule has 0 aliphatic carbocycles. The number of ether oxygens (including phenoxy) is 1. The minimum Gasteiger partial charge on any atom is -0.489 e. The maximum atomic E-state index is 13.8. The Kier molecular flexibility index (Phi) is 5.38. The fourth-order valence-corrected chi connectivity index (χ4v) is 3.75. The summed E-state index contributed by atoms with van der Waals surface area (Å²) in [6, 6.07) is 26.5. The van der Waals surface area contributed by atoms with Crippen LogP contribution in [0.1, 0.15) is 16.7 Å². The van der Waals surface area contributed by atoms with Gasteiger partial charge >= 0.3 is 0 Å². The van der Waals surface area contributed by atoms with Crippen molar-refractivity contribution in [1.29, 1.82) is 0 Å². The zero-order chi connectivity index (χ0) is 21.9. The molecule has 0 bridgehead atoms. The average Bonchev–Trinajstić information content (AvgIpc) is 3.23. The Bertz CT molecular complexity index is 1360. The van der Waals surface area contributed by atoms with Crippen LogP contribution in [0.25, 0.3) is 22.4 Å². The molecule has 0 radical (unpaired) electrons. The van der Waals surface area contributed by atoms with Gasteiger partial charge in [0.25, 0.3) is 0 Å². The van der Waals surface area contributed by atoms with Crippen LogP contribution in [0.15, 0.2) is 91.0 Å². The summed E-state index contributed by atoms with van der Waals surface area (Å²) in [6.07, 6.45) is 0.490. The van der Waals surface area contributed by atoms with Gasteiger partial charge in [0.05, 0.1) is 11.0 Å². The number of aromatic nitrogens is 2. The number of nitrogens with zero attached hydrogens (tertiary/aromatic N) is 1. The van der Waals surface area contributed by atoms with Crippen LogP contribution in [0.4, 0.5) is 8.78 Å². The van der Waals surface area contributed by atoms with E-state index in [0.717, 1.165) is 39.1 Å². The molecule has 1 heterocycles. The van der Waals surface area contributed by atoms with E-state index in [1.54, 1.807) is 12.1 Å². The topological polar surface area (TPSA) is 37.9 Å². The van der Waals surface area contributed by atoms with Crippen molar-refractivity contribution in [3.63, 3.8) is 0 Å². The van der Waals surface area contributed by atoms with Gasteiger partial charge in [-0.3, -0.25) is 0 Å². The lowest BCUT2D eigenvalue weighted by Gasteiger charge is -2.13. The van der Waals surface area contributed by atoms with Gasteiger partial charge < -0.3 is 9.72 Å². The molecule has 0 fully saturated rings. The Labute approximate surface area is 184 Å². The van der Waals surface area contributed by atoms with Crippen molar-refractivity contribution in [1.82, 2.24) is 9.97 Å². The number of rotatable bonds is 6. The van der Waals surface area contributed by atoms with E-state index in [4.69, 9.17) is 4.74 Å². The van der Waals surface area contributed by atoms with Crippen molar-refractivity contribution in [3.8, 4) is 17.1 Å². The molecule has 5 rings (SSSR count). The molecule has 3 nitrogen and oxygen atoms in total. The summed E-state index contributed by atoms with van der Waals surface area (Å²) in [5.74, 6) is 0.839. The predicted octanol–water partition coefficient (Wildman–Crippen LogP) is 6.68. The van der Waals surface area contributed by atoms with E-state index >= 15 is 0 Å². The highest BCUT2D eigenvalue weighted by Crippen LogP contribution is 2.29. The summed E-state index contributed by atoms with van der Waals surface area (Å²) in [4.78, 5) is 8.02. The highest BCUT2D eigenvalue weighted by atomic mass is 19.1. The molecule has 0 saturated heterocycles. The zero-order valence-electron chi connectivity index (χ0n) is 17.2. The van der Waals surface area contributed by atoms with E-state index in [0.29, 0.717) is 12.2 Å². The molecule has 0 aliphatic rings. The Morgan fingerprint density at radius 3 is 2.28 bits per heavy atom. The van der Waals surface area contributed by atoms with Gasteiger partial charge in [-0.25, -0.2) is 13.8 Å². The molecular weight excluding hydrogens is 406 g/mol. The highest BCUT2D eigenvalue weighted by molar-refractivity contribution is 5.79. The maximum Gasteiger partial charge on any atom is 0.138 e. The van der Waals surface area contributed by atoms with E-state index in [1.165, 1.54) is 24.3 Å². The van der Waals surface area contributed by atoms with Crippen LogP contribution < -0.4 is 4.74 Å². The highest BCUT2D eigenvalue weighted by Gasteiger charge is 2.12. The second kappa shape index (κ2) is 8.63. The summed E-state index contributed by atoms with van der Waals surface area (Å²) in [5.41, 5.74) is 5.22. The number of halogens is 2. The second-order valence-electron chi connectivity index (χ2n) is 7.65. The van der Waals surface area contributed by atoms with Crippen LogP contribution >= 0.6 is 0 Å². The molecule has 5 aromatic rings. The quantitative estimate of drug-likeness (QED) is 0.329. The standard InChI is InChI=1S/C27H20F2N2O/c28-22-7-3-5-18(14-22)13-21-16-20(27-30-24-9-1-2-10-25(24)31-27)11-12-26(21)32-17-19-6-4-8-23(29)15-19/h1-12,14-16H,13,17H2,(H,30,31). The van der Waals surface area contributed by atoms with Gasteiger partial charge in [0, 0.05) is 12.0 Å². The number of nitrogens with one attached hydrogen (secondary N) is 1. The number of hydrogen-bond donors (Lipinski definition) is 1. The largest absolute Gasteiger partial charge is 0.489 e. The Morgan fingerprint density at radius 2 is 1.50 bits per heavy atom. The number of hydrogen-bond acceptors (Lipinski definition) is 2. The Balaban J connectivity index is 1.49. The summed E-state index contributed by atoms with van der Waals surface area (Å²) in [7, 11) is 0. The van der Waals surface area contributed by atoms with Crippen molar-refractivity contribution < 1.29 is 13.5 Å². The number of fused-ring (bicyclic) bond motifs is 1. The van der Waals surface area contributed by atoms with E-state index in [1.807, 2.05) is 54.6 Å². The smallest absolute Gasteiger partial charge is 0.138 e. The molecule has 0 saturated carbocycles. The van der Waals surface area contributed by atoms with Crippen molar-refractivity contribution >= 4 is 11.0 Å². The van der Waals surface area contributed by atoms with Crippen LogP contribution in [0.2, 0.25) is 0 Å². The molecule has 0 amide bonds. The van der Waals surface area contributed by atoms with E-state index < -0.39 is 0 Å². The zero-order valence-corrected chi connectivity index (χ0v) is 17.2. The molecule has 4 aromatic carbocycles. The maximum absolute atomic E-state index is 13.8. The average molecular weight is 426 g/mol. The molecule has 0 unspecified atom stereocenters. The fraction of sp³-hybridized carbons (Fsp3) is 0.0741. The molecule has 0 aliphatic heterocycles. The molecule has 0 atom stereocenters. The SMILES string of the molecule is Fc1cccc(COc2ccc(-c3nc4ccccc4[nH]3)cc2Cc2cccc(F)c2)c1. The van der Waals surface area contributed by atoms with Crippen LogP contribution in [0, 0.1) is 11.6 Å². The van der Waals surface area contributed by atoms with Crippen molar-refractivity contribution in [2.24, 2.45) is 0 Å². The number of imidazole rings is 1. The lowest BCUT2D eigenvalue weighted by molar-refractivity contribution is 0.303. The Hall–Kier alpha value is -3.99. The molecule has 5 heteroatoms. The number of benzene rings is 4. The van der Waals surface area contributed by atoms with Gasteiger partial charge in [-0.15, -0.1) is 0 Å². The number of aromatic amines is 1. The Morgan fingerprint density at radius 1 is 0.750 bits per heavy atom. The molecule has 1 aromatic heterocycles. The molecule has 158 valence electrons. The first-order valence-electron chi connectivity index (χ1n) is 10.3. The van der Waals surface area contributed by atoms with Crippen molar-refractivity contribution in [2.45, 2.75) is 13.0 Å². The monoisotopic (exact) mass is 426 g/mol. The minimum absolute atomic E-state index is 0.234. The second-order valence-corrected chi connectivity index (χ2v) is 7.65. The summed E-state index contributed by atoms with van der Waals surface area (Å²) < 4.78 is 33.3. The summed E-state index contributed by atoms with van der Waals surface area (Å²) >= 11 is 0. The van der Waals surface area contributed by atoms with E-state index in [9.17, 15) is 8.78 Å². The number of para-hydroxylation sites is 2. The van der Waals surface area contributed by atoms with Crippen LogP contribution in [-0.4, -0.2) is 9.97 Å². The van der Waals surface area contributed by atoms with Crippen LogP contribution in [0.5, 0.6) is 5.75 Å². The predicted molar refractivity (Wildman–Crippen MR) is 121 cm³/mol. The lowest BCUT2D eigenvalue weighted by Crippen LogP contribution is -2.01. The summed E-state index contributed by atoms with van der Waals surface area (Å²) in [5, 5.41) is 0. The third-order valence-corrected chi connectivity index (χ3v) is 5.29. The third-order valence-electron chi connectivity index (χ3n) is 5.29. The molecular formula is C27H20F2N2O. The van der Waals surface area contributed by atoms with E-state index in [2.05, 4.69) is 9.97 Å². The summed E-state index contributed by atoms with van der Waals surface area (Å²) in [6.45, 7) is 0.234. The van der Waals surface area contributed by atoms with Gasteiger partial charge in [-0.2, -0.15) is 0 Å². The van der Waals surface area contributed by atoms with Gasteiger partial charge in [0.1, 0.15) is 29.8 Å². The van der Waals surface area contributed by atoms with Crippen LogP contribution in [0.3, 0.4) is 0 Å². The minimum atomic E-state index is -0.300. The van der Waals surface area contributed by atoms with Gasteiger partial charge in [0.2, 0.25) is 0 Å². The first-order chi connectivity index (χ1) is 15.6. The van der Waals surface area contributed by atoms with Crippen molar-refractivity contribution in [2.75, 3.05) is 0 Å².